The van der Waals surface area contributed by atoms with Gasteiger partial charge in [0.05, 0.1) is 4.92 Å². The lowest BCUT2D eigenvalue weighted by atomic mass is 9.98. The lowest BCUT2D eigenvalue weighted by molar-refractivity contribution is -0.387. The largest absolute Gasteiger partial charge is 0.370 e. The molecule has 1 saturated heterocycles. The Morgan fingerprint density at radius 2 is 1.95 bits per heavy atom. The van der Waals surface area contributed by atoms with Gasteiger partial charge in [-0.15, -0.1) is 12.4 Å². The van der Waals surface area contributed by atoms with Gasteiger partial charge in [-0.05, 0) is 42.9 Å². The molecule has 1 amide bonds. The summed E-state index contributed by atoms with van der Waals surface area (Å²) in [4.78, 5) is 28.3. The third-order valence-corrected chi connectivity index (χ3v) is 8.01. The summed E-state index contributed by atoms with van der Waals surface area (Å²) >= 11 is 0. The number of nitrogens with zero attached hydrogens (tertiary/aromatic N) is 2. The summed E-state index contributed by atoms with van der Waals surface area (Å²) in [5.74, 6) is -0.528. The summed E-state index contributed by atoms with van der Waals surface area (Å²) < 4.78 is 28.9. The number of piperidine rings is 1. The minimum Gasteiger partial charge on any atom is -0.370 e. The molecule has 1 aliphatic heterocycles. The highest BCUT2D eigenvalue weighted by molar-refractivity contribution is 7.89. The van der Waals surface area contributed by atoms with E-state index in [2.05, 4.69) is 15.0 Å². The van der Waals surface area contributed by atoms with Crippen LogP contribution in [-0.2, 0) is 21.2 Å². The van der Waals surface area contributed by atoms with Crippen molar-refractivity contribution < 1.29 is 18.1 Å². The molecule has 2 unspecified atom stereocenters. The van der Waals surface area contributed by atoms with Crippen LogP contribution in [0.3, 0.4) is 0 Å². The van der Waals surface area contributed by atoms with E-state index in [9.17, 15) is 23.3 Å². The van der Waals surface area contributed by atoms with Crippen LogP contribution in [0.4, 0.5) is 5.69 Å². The van der Waals surface area contributed by atoms with E-state index >= 15 is 0 Å². The van der Waals surface area contributed by atoms with Gasteiger partial charge in [0.15, 0.2) is 10.9 Å². The van der Waals surface area contributed by atoms with Crippen molar-refractivity contribution in [2.24, 2.45) is 11.7 Å². The number of carbonyl (C=O) groups is 1. The number of sulfonamides is 1. The second-order valence-electron chi connectivity index (χ2n) is 9.05. The Bertz CT molecular complexity index is 1430. The molecule has 4 rings (SSSR count). The number of aromatic nitrogens is 1. The molecule has 0 radical (unpaired) electrons. The van der Waals surface area contributed by atoms with Gasteiger partial charge in [-0.25, -0.2) is 8.42 Å². The number of amides is 1. The Morgan fingerprint density at radius 1 is 1.24 bits per heavy atom. The van der Waals surface area contributed by atoms with E-state index in [0.717, 1.165) is 41.4 Å². The fraction of sp³-hybridized carbons (Fsp3) is 0.333. The number of hydrogen-bond donors (Lipinski definition) is 5. The average Bonchev–Trinajstić information content (AvgIpc) is 3.29. The lowest BCUT2D eigenvalue weighted by Gasteiger charge is -2.33. The minimum absolute atomic E-state index is 0. The third kappa shape index (κ3) is 6.60. The number of H-pyrrole nitrogens is 1. The van der Waals surface area contributed by atoms with Gasteiger partial charge in [0.2, 0.25) is 15.9 Å². The van der Waals surface area contributed by atoms with Crippen LogP contribution in [0.5, 0.6) is 0 Å². The zero-order valence-corrected chi connectivity index (χ0v) is 22.1. The molecule has 2 atom stereocenters. The summed E-state index contributed by atoms with van der Waals surface area (Å²) in [6.07, 6.45) is 3.40. The molecule has 2 aromatic carbocycles. The Balaban J connectivity index is 0.00000400. The number of hydrogen-bond acceptors (Lipinski definition) is 6. The topological polar surface area (TPSA) is 187 Å². The van der Waals surface area contributed by atoms with Crippen LogP contribution in [0.15, 0.2) is 59.6 Å². The van der Waals surface area contributed by atoms with Crippen LogP contribution in [0.25, 0.3) is 10.9 Å². The molecule has 1 aromatic heterocycles. The van der Waals surface area contributed by atoms with Crippen molar-refractivity contribution in [3.05, 3.63) is 70.4 Å². The number of nitrogens with one attached hydrogen (secondary N) is 4. The number of halogens is 1. The first-order valence-corrected chi connectivity index (χ1v) is 13.3. The quantitative estimate of drug-likeness (QED) is 0.114. The van der Waals surface area contributed by atoms with Crippen LogP contribution >= 0.6 is 12.4 Å². The number of carbonyl (C=O) groups excluding carboxylic acids is 1. The molecule has 0 aliphatic carbocycles. The smallest absolute Gasteiger partial charge is 0.289 e. The van der Waals surface area contributed by atoms with E-state index in [-0.39, 0.29) is 37.3 Å². The zero-order valence-electron chi connectivity index (χ0n) is 20.4. The van der Waals surface area contributed by atoms with E-state index in [1.807, 2.05) is 24.3 Å². The molecule has 1 fully saturated rings. The second-order valence-corrected chi connectivity index (χ2v) is 10.7. The number of nitrogens with two attached hydrogens (primary N) is 1. The van der Waals surface area contributed by atoms with Gasteiger partial charge in [0.25, 0.3) is 5.69 Å². The van der Waals surface area contributed by atoms with Crippen molar-refractivity contribution in [3.63, 3.8) is 0 Å². The van der Waals surface area contributed by atoms with Crippen molar-refractivity contribution in [2.75, 3.05) is 19.6 Å². The van der Waals surface area contributed by atoms with Crippen LogP contribution in [0.2, 0.25) is 0 Å². The van der Waals surface area contributed by atoms with Gasteiger partial charge in [-0.2, -0.15) is 4.72 Å². The van der Waals surface area contributed by atoms with Crippen LogP contribution in [0.1, 0.15) is 18.4 Å². The Kier molecular flexibility index (Phi) is 9.31. The fourth-order valence-electron chi connectivity index (χ4n) is 4.61. The van der Waals surface area contributed by atoms with E-state index in [1.165, 1.54) is 12.1 Å². The Morgan fingerprint density at radius 3 is 2.68 bits per heavy atom. The lowest BCUT2D eigenvalue weighted by Crippen LogP contribution is -2.51. The molecule has 1 aliphatic rings. The maximum atomic E-state index is 13.3. The predicted octanol–water partition coefficient (Wildman–Crippen LogP) is 2.11. The highest BCUT2D eigenvalue weighted by Gasteiger charge is 2.32. The number of aromatic amines is 1. The van der Waals surface area contributed by atoms with Crippen LogP contribution in [-0.4, -0.2) is 60.8 Å². The first kappa shape index (κ1) is 28.9. The molecule has 3 aromatic rings. The maximum absolute atomic E-state index is 13.3. The molecule has 0 spiro atoms. The molecule has 12 nitrogen and oxygen atoms in total. The van der Waals surface area contributed by atoms with E-state index in [0.29, 0.717) is 13.1 Å². The number of guanidine groups is 1. The van der Waals surface area contributed by atoms with Crippen molar-refractivity contribution in [1.29, 1.82) is 5.41 Å². The monoisotopic (exact) mass is 563 g/mol. The van der Waals surface area contributed by atoms with Gasteiger partial charge in [0, 0.05) is 42.8 Å². The first-order valence-electron chi connectivity index (χ1n) is 11.8. The van der Waals surface area contributed by atoms with Crippen molar-refractivity contribution in [1.82, 2.24) is 19.9 Å². The van der Waals surface area contributed by atoms with E-state index in [4.69, 9.17) is 11.1 Å². The molecule has 0 bridgehead atoms. The number of nitro groups is 1. The highest BCUT2D eigenvalue weighted by atomic mass is 35.5. The fourth-order valence-corrected chi connectivity index (χ4v) is 5.98. The molecular formula is C24H30ClN7O5S. The average molecular weight is 564 g/mol. The molecular weight excluding hydrogens is 534 g/mol. The van der Waals surface area contributed by atoms with Gasteiger partial charge < -0.3 is 20.9 Å². The molecule has 6 N–H and O–H groups in total. The Labute approximate surface area is 226 Å². The predicted molar refractivity (Wildman–Crippen MR) is 146 cm³/mol. The summed E-state index contributed by atoms with van der Waals surface area (Å²) in [5.41, 5.74) is 6.59. The van der Waals surface area contributed by atoms with Gasteiger partial charge >= 0.3 is 0 Å². The van der Waals surface area contributed by atoms with Gasteiger partial charge in [0.1, 0.15) is 6.04 Å². The number of likely N-dealkylation sites (tertiary alicyclic amines) is 1. The third-order valence-electron chi connectivity index (χ3n) is 6.49. The van der Waals surface area contributed by atoms with Crippen molar-refractivity contribution in [3.8, 4) is 0 Å². The minimum atomic E-state index is -4.42. The van der Waals surface area contributed by atoms with Crippen LogP contribution < -0.4 is 15.8 Å². The number of para-hydroxylation sites is 2. The summed E-state index contributed by atoms with van der Waals surface area (Å²) in [7, 11) is -4.42. The Hall–Kier alpha value is -3.68. The van der Waals surface area contributed by atoms with Crippen molar-refractivity contribution >= 4 is 50.9 Å². The summed E-state index contributed by atoms with van der Waals surface area (Å²) in [5, 5.41) is 22.8. The number of fused-ring (bicyclic) bond motifs is 1. The van der Waals surface area contributed by atoms with Gasteiger partial charge in [-0.3, -0.25) is 20.3 Å². The van der Waals surface area contributed by atoms with Crippen molar-refractivity contribution in [2.45, 2.75) is 30.2 Å². The molecule has 204 valence electrons. The second kappa shape index (κ2) is 12.2. The van der Waals surface area contributed by atoms with Crippen LogP contribution in [0, 0.1) is 21.4 Å². The first-order chi connectivity index (χ1) is 17.7. The SMILES string of the molecule is Cl.N=C(N)N1CCCC(CNC(=O)C(Cc2c[nH]c3ccccc23)NS(=O)(=O)c2ccccc2[N+](=O)[O-])C1. The summed E-state index contributed by atoms with van der Waals surface area (Å²) in [6, 6.07) is 11.2. The highest BCUT2D eigenvalue weighted by Crippen LogP contribution is 2.24. The molecule has 38 heavy (non-hydrogen) atoms. The van der Waals surface area contributed by atoms with Gasteiger partial charge in [-0.1, -0.05) is 30.3 Å². The molecule has 2 heterocycles. The number of nitro benzene ring substituents is 1. The maximum Gasteiger partial charge on any atom is 0.289 e. The van der Waals surface area contributed by atoms with E-state index < -0.39 is 37.5 Å². The molecule has 14 heteroatoms. The normalized spacial score (nSPS) is 16.4. The standard InChI is InChI=1S/C24H29N7O5S.ClH/c25-24(26)30-11-5-6-16(15-30)13-28-23(32)20(12-17-14-27-19-8-2-1-7-18(17)19)29-37(35,36)22-10-4-3-9-21(22)31(33)34;/h1-4,7-10,14,16,20,27,29H,5-6,11-13,15H2,(H3,25,26)(H,28,32);1H. The summed E-state index contributed by atoms with van der Waals surface area (Å²) in [6.45, 7) is 1.48. The number of benzene rings is 2. The number of rotatable bonds is 9. The van der Waals surface area contributed by atoms with E-state index in [1.54, 1.807) is 11.1 Å². The molecule has 0 saturated carbocycles. The zero-order chi connectivity index (χ0) is 26.6.